The molecule has 4 rings (SSSR count). The number of hydrogen-bond donors (Lipinski definition) is 2. The number of benzene rings is 2. The number of fused-ring (bicyclic) bond motifs is 1. The van der Waals surface area contributed by atoms with Gasteiger partial charge in [-0.2, -0.15) is 4.98 Å². The highest BCUT2D eigenvalue weighted by molar-refractivity contribution is 7.99. The number of allylic oxidation sites excluding steroid dienone is 1. The number of carbonyl (C=O) groups excluding carboxylic acids is 1. The second-order valence-corrected chi connectivity index (χ2v) is 9.83. The number of aromatic nitrogens is 3. The summed E-state index contributed by atoms with van der Waals surface area (Å²) in [5.41, 5.74) is 2.25. The number of hydrogen-bond acceptors (Lipinski definition) is 6. The average Bonchev–Trinajstić information content (AvgIpc) is 3.22. The maximum Gasteiger partial charge on any atom is 0.255 e. The number of carbonyl (C=O) groups is 1. The lowest BCUT2D eigenvalue weighted by atomic mass is 9.94. The number of rotatable bonds is 9. The summed E-state index contributed by atoms with van der Waals surface area (Å²) < 4.78 is 7.38. The van der Waals surface area contributed by atoms with Crippen molar-refractivity contribution in [3.05, 3.63) is 69.3 Å². The summed E-state index contributed by atoms with van der Waals surface area (Å²) >= 11 is 14.9. The lowest BCUT2D eigenvalue weighted by Crippen LogP contribution is -2.32. The molecule has 1 unspecified atom stereocenters. The Labute approximate surface area is 219 Å². The third kappa shape index (κ3) is 5.44. The van der Waals surface area contributed by atoms with Crippen LogP contribution in [-0.2, 0) is 4.79 Å². The molecule has 0 radical (unpaired) electrons. The highest BCUT2D eigenvalue weighted by Crippen LogP contribution is 2.42. The van der Waals surface area contributed by atoms with Gasteiger partial charge in [-0.3, -0.25) is 4.79 Å². The molecule has 0 fully saturated rings. The van der Waals surface area contributed by atoms with Crippen LogP contribution in [0.5, 0.6) is 5.75 Å². The van der Waals surface area contributed by atoms with Gasteiger partial charge in [0.1, 0.15) is 11.8 Å². The molecule has 1 atom stereocenters. The zero-order valence-corrected chi connectivity index (χ0v) is 22.1. The van der Waals surface area contributed by atoms with Crippen LogP contribution in [0.3, 0.4) is 0 Å². The van der Waals surface area contributed by atoms with Gasteiger partial charge >= 0.3 is 0 Å². The molecule has 1 amide bonds. The highest BCUT2D eigenvalue weighted by atomic mass is 35.5. The Morgan fingerprint density at radius 3 is 2.63 bits per heavy atom. The summed E-state index contributed by atoms with van der Waals surface area (Å²) in [6, 6.07) is 11.9. The number of halogens is 2. The fourth-order valence-corrected chi connectivity index (χ4v) is 5.39. The molecule has 3 aromatic rings. The van der Waals surface area contributed by atoms with Gasteiger partial charge in [0.05, 0.1) is 17.9 Å². The van der Waals surface area contributed by atoms with Gasteiger partial charge in [0, 0.05) is 27.1 Å². The monoisotopic (exact) mass is 531 g/mol. The fourth-order valence-electron chi connectivity index (χ4n) is 3.87. The first kappa shape index (κ1) is 25.4. The fraction of sp³-hybridized carbons (Fsp3) is 0.320. The standard InChI is InChI=1S/C25H27Cl2N5O2S/c1-4-6-14-35-25-30-24-28-15(3)20(23(33)29-18-12-7-8-13-19(18)34-5-2)22(32(24)31-25)21-16(26)10-9-11-17(21)27/h7-13,22H,4-6,14H2,1-3H3,(H,29,33)(H,28,30,31). The van der Waals surface area contributed by atoms with Crippen LogP contribution in [0.4, 0.5) is 11.6 Å². The lowest BCUT2D eigenvalue weighted by Gasteiger charge is -2.29. The predicted octanol–water partition coefficient (Wildman–Crippen LogP) is 6.80. The van der Waals surface area contributed by atoms with E-state index in [-0.39, 0.29) is 5.91 Å². The maximum absolute atomic E-state index is 13.8. The molecule has 2 N–H and O–H groups in total. The van der Waals surface area contributed by atoms with Crippen molar-refractivity contribution in [2.24, 2.45) is 0 Å². The summed E-state index contributed by atoms with van der Waals surface area (Å²) in [5, 5.41) is 12.5. The van der Waals surface area contributed by atoms with Gasteiger partial charge in [0.15, 0.2) is 0 Å². The van der Waals surface area contributed by atoms with Crippen molar-refractivity contribution >= 4 is 52.5 Å². The van der Waals surface area contributed by atoms with Gasteiger partial charge < -0.3 is 15.4 Å². The first-order valence-electron chi connectivity index (χ1n) is 11.5. The normalized spacial score (nSPS) is 14.9. The SMILES string of the molecule is CCCCSc1nc2n(n1)C(c1c(Cl)cccc1Cl)C(C(=O)Nc1ccccc1OCC)=C(C)N2. The number of nitrogens with zero attached hydrogens (tertiary/aromatic N) is 3. The molecule has 7 nitrogen and oxygen atoms in total. The Balaban J connectivity index is 1.77. The van der Waals surface area contributed by atoms with Crippen LogP contribution in [0.25, 0.3) is 0 Å². The van der Waals surface area contributed by atoms with Crippen LogP contribution < -0.4 is 15.4 Å². The van der Waals surface area contributed by atoms with E-state index < -0.39 is 6.04 Å². The van der Waals surface area contributed by atoms with E-state index in [0.29, 0.717) is 56.0 Å². The van der Waals surface area contributed by atoms with E-state index in [1.54, 1.807) is 40.7 Å². The minimum atomic E-state index is -0.667. The van der Waals surface area contributed by atoms with Crippen LogP contribution in [0.15, 0.2) is 58.9 Å². The summed E-state index contributed by atoms with van der Waals surface area (Å²) in [4.78, 5) is 18.4. The molecule has 0 bridgehead atoms. The quantitative estimate of drug-likeness (QED) is 0.233. The third-order valence-electron chi connectivity index (χ3n) is 5.52. The van der Waals surface area contributed by atoms with Gasteiger partial charge in [-0.25, -0.2) is 4.68 Å². The van der Waals surface area contributed by atoms with Crippen LogP contribution in [0.2, 0.25) is 10.0 Å². The molecule has 2 heterocycles. The molecule has 35 heavy (non-hydrogen) atoms. The molecule has 1 aromatic heterocycles. The smallest absolute Gasteiger partial charge is 0.255 e. The number of anilines is 2. The van der Waals surface area contributed by atoms with Crippen LogP contribution in [0, 0.1) is 0 Å². The molecule has 10 heteroatoms. The summed E-state index contributed by atoms with van der Waals surface area (Å²) in [6.45, 7) is 6.36. The zero-order chi connectivity index (χ0) is 24.9. The number of ether oxygens (including phenoxy) is 1. The van der Waals surface area contributed by atoms with Crippen LogP contribution in [0.1, 0.15) is 45.2 Å². The van der Waals surface area contributed by atoms with Crippen LogP contribution >= 0.6 is 35.0 Å². The number of amides is 1. The minimum Gasteiger partial charge on any atom is -0.492 e. The van der Waals surface area contributed by atoms with Crippen LogP contribution in [-0.4, -0.2) is 33.0 Å². The van der Waals surface area contributed by atoms with E-state index in [9.17, 15) is 4.79 Å². The highest BCUT2D eigenvalue weighted by Gasteiger charge is 2.37. The Bertz CT molecular complexity index is 1240. The molecule has 0 aliphatic carbocycles. The Morgan fingerprint density at radius 1 is 1.17 bits per heavy atom. The molecule has 0 saturated heterocycles. The maximum atomic E-state index is 13.8. The summed E-state index contributed by atoms with van der Waals surface area (Å²) in [6.07, 6.45) is 2.15. The van der Waals surface area contributed by atoms with Gasteiger partial charge in [0.2, 0.25) is 11.1 Å². The third-order valence-corrected chi connectivity index (χ3v) is 7.10. The van der Waals surface area contributed by atoms with Crippen molar-refractivity contribution in [2.75, 3.05) is 23.0 Å². The largest absolute Gasteiger partial charge is 0.492 e. The Hall–Kier alpha value is -2.68. The Morgan fingerprint density at radius 2 is 1.91 bits per heavy atom. The molecular weight excluding hydrogens is 505 g/mol. The molecule has 0 spiro atoms. The second-order valence-electron chi connectivity index (χ2n) is 7.95. The van der Waals surface area contributed by atoms with Crippen molar-refractivity contribution in [2.45, 2.75) is 44.8 Å². The number of nitrogens with one attached hydrogen (secondary N) is 2. The molecule has 1 aliphatic heterocycles. The van der Waals surface area contributed by atoms with Crippen molar-refractivity contribution < 1.29 is 9.53 Å². The van der Waals surface area contributed by atoms with Gasteiger partial charge in [-0.05, 0) is 44.5 Å². The predicted molar refractivity (Wildman–Crippen MR) is 143 cm³/mol. The van der Waals surface area contributed by atoms with Crippen molar-refractivity contribution in [1.29, 1.82) is 0 Å². The number of para-hydroxylation sites is 2. The van der Waals surface area contributed by atoms with Gasteiger partial charge in [-0.1, -0.05) is 66.5 Å². The average molecular weight is 532 g/mol. The number of unbranched alkanes of at least 4 members (excludes halogenated alkanes) is 1. The first-order chi connectivity index (χ1) is 16.9. The van der Waals surface area contributed by atoms with E-state index in [2.05, 4.69) is 22.5 Å². The number of thioether (sulfide) groups is 1. The second kappa shape index (κ2) is 11.4. The van der Waals surface area contributed by atoms with E-state index in [0.717, 1.165) is 18.6 Å². The summed E-state index contributed by atoms with van der Waals surface area (Å²) in [5.74, 6) is 1.72. The van der Waals surface area contributed by atoms with Crippen molar-refractivity contribution in [3.63, 3.8) is 0 Å². The topological polar surface area (TPSA) is 81.1 Å². The first-order valence-corrected chi connectivity index (χ1v) is 13.2. The minimum absolute atomic E-state index is 0.315. The molecule has 184 valence electrons. The molecule has 1 aliphatic rings. The van der Waals surface area contributed by atoms with E-state index in [1.807, 2.05) is 32.0 Å². The van der Waals surface area contributed by atoms with Gasteiger partial charge in [0.25, 0.3) is 5.91 Å². The van der Waals surface area contributed by atoms with Crippen molar-refractivity contribution in [1.82, 2.24) is 14.8 Å². The summed E-state index contributed by atoms with van der Waals surface area (Å²) in [7, 11) is 0. The van der Waals surface area contributed by atoms with Gasteiger partial charge in [-0.15, -0.1) is 5.10 Å². The van der Waals surface area contributed by atoms with E-state index >= 15 is 0 Å². The molecule has 2 aromatic carbocycles. The van der Waals surface area contributed by atoms with E-state index in [1.165, 1.54) is 0 Å². The Kier molecular flexibility index (Phi) is 8.26. The lowest BCUT2D eigenvalue weighted by molar-refractivity contribution is -0.113. The molecular formula is C25H27Cl2N5O2S. The zero-order valence-electron chi connectivity index (χ0n) is 19.8. The van der Waals surface area contributed by atoms with E-state index in [4.69, 9.17) is 33.0 Å². The molecule has 0 saturated carbocycles. The van der Waals surface area contributed by atoms with Crippen molar-refractivity contribution in [3.8, 4) is 5.75 Å².